The van der Waals surface area contributed by atoms with Gasteiger partial charge in [0.25, 0.3) is 0 Å². The average molecular weight is 296 g/mol. The van der Waals surface area contributed by atoms with Crippen LogP contribution in [0.2, 0.25) is 0 Å². The minimum Gasteiger partial charge on any atom is -0.349 e. The maximum absolute atomic E-state index is 4.54. The molecule has 0 radical (unpaired) electrons. The number of likely N-dealkylation sites (tertiary alicyclic amines) is 1. The van der Waals surface area contributed by atoms with E-state index < -0.39 is 0 Å². The van der Waals surface area contributed by atoms with E-state index in [1.807, 2.05) is 17.5 Å². The molecule has 2 rings (SSSR count). The van der Waals surface area contributed by atoms with Crippen LogP contribution in [0.5, 0.6) is 0 Å². The van der Waals surface area contributed by atoms with Crippen LogP contribution >= 0.6 is 11.3 Å². The molecule has 2 heterocycles. The van der Waals surface area contributed by atoms with E-state index in [2.05, 4.69) is 40.9 Å². The summed E-state index contributed by atoms with van der Waals surface area (Å²) < 4.78 is 0. The predicted octanol–water partition coefficient (Wildman–Crippen LogP) is 2.56. The number of aromatic nitrogens is 1. The van der Waals surface area contributed by atoms with Crippen molar-refractivity contribution in [2.75, 3.05) is 37.6 Å². The lowest BCUT2D eigenvalue weighted by molar-refractivity contribution is 0.206. The maximum atomic E-state index is 4.54. The molecule has 1 fully saturated rings. The third kappa shape index (κ3) is 4.17. The van der Waals surface area contributed by atoms with Crippen LogP contribution < -0.4 is 10.2 Å². The van der Waals surface area contributed by atoms with Gasteiger partial charge < -0.3 is 15.1 Å². The SMILES string of the molecule is CCN1CCC(NCc2cnc(N(CC)CC)s2)CC1. The van der Waals surface area contributed by atoms with Gasteiger partial charge in [0.2, 0.25) is 0 Å². The van der Waals surface area contributed by atoms with Gasteiger partial charge in [-0.3, -0.25) is 0 Å². The van der Waals surface area contributed by atoms with E-state index in [4.69, 9.17) is 0 Å². The standard InChI is InChI=1S/C15H28N4S/c1-4-18-9-7-13(8-10-18)16-11-14-12-17-15(20-14)19(5-2)6-3/h12-13,16H,4-11H2,1-3H3. The highest BCUT2D eigenvalue weighted by atomic mass is 32.1. The van der Waals surface area contributed by atoms with Crippen molar-refractivity contribution in [1.82, 2.24) is 15.2 Å². The average Bonchev–Trinajstić information content (AvgIpc) is 2.96. The molecule has 1 saturated heterocycles. The maximum Gasteiger partial charge on any atom is 0.185 e. The van der Waals surface area contributed by atoms with Gasteiger partial charge in [-0.05, 0) is 46.3 Å². The molecule has 114 valence electrons. The molecule has 0 saturated carbocycles. The van der Waals surface area contributed by atoms with Gasteiger partial charge in [-0.1, -0.05) is 6.92 Å². The molecular weight excluding hydrogens is 268 g/mol. The molecule has 0 aromatic carbocycles. The van der Waals surface area contributed by atoms with Gasteiger partial charge in [-0.2, -0.15) is 0 Å². The second kappa shape index (κ2) is 7.96. The Hall–Kier alpha value is -0.650. The van der Waals surface area contributed by atoms with Crippen molar-refractivity contribution >= 4 is 16.5 Å². The Labute approximate surface area is 127 Å². The van der Waals surface area contributed by atoms with E-state index in [1.165, 1.54) is 37.4 Å². The molecule has 4 nitrogen and oxygen atoms in total. The Morgan fingerprint density at radius 2 is 2.00 bits per heavy atom. The first kappa shape index (κ1) is 15.7. The molecular formula is C15H28N4S. The second-order valence-corrected chi connectivity index (χ2v) is 6.46. The molecule has 0 unspecified atom stereocenters. The van der Waals surface area contributed by atoms with Crippen LogP contribution in [0.4, 0.5) is 5.13 Å². The fraction of sp³-hybridized carbons (Fsp3) is 0.800. The summed E-state index contributed by atoms with van der Waals surface area (Å²) in [5.74, 6) is 0. The minimum absolute atomic E-state index is 0.678. The Morgan fingerprint density at radius 3 is 2.60 bits per heavy atom. The zero-order chi connectivity index (χ0) is 14.4. The quantitative estimate of drug-likeness (QED) is 0.838. The number of thiazole rings is 1. The fourth-order valence-corrected chi connectivity index (χ4v) is 3.71. The van der Waals surface area contributed by atoms with Crippen LogP contribution in [-0.2, 0) is 6.54 Å². The smallest absolute Gasteiger partial charge is 0.185 e. The van der Waals surface area contributed by atoms with Crippen molar-refractivity contribution in [3.05, 3.63) is 11.1 Å². The van der Waals surface area contributed by atoms with Gasteiger partial charge in [0.15, 0.2) is 5.13 Å². The number of hydrogen-bond donors (Lipinski definition) is 1. The first-order valence-corrected chi connectivity index (χ1v) is 8.73. The summed E-state index contributed by atoms with van der Waals surface area (Å²) in [6, 6.07) is 0.678. The monoisotopic (exact) mass is 296 g/mol. The molecule has 1 aliphatic rings. The molecule has 20 heavy (non-hydrogen) atoms. The summed E-state index contributed by atoms with van der Waals surface area (Å²) in [5, 5.41) is 4.86. The Balaban J connectivity index is 1.77. The van der Waals surface area contributed by atoms with Gasteiger partial charge in [-0.15, -0.1) is 11.3 Å². The molecule has 0 bridgehead atoms. The summed E-state index contributed by atoms with van der Waals surface area (Å²) >= 11 is 1.83. The van der Waals surface area contributed by atoms with Crippen molar-refractivity contribution in [2.45, 2.75) is 46.2 Å². The Kier molecular flexibility index (Phi) is 6.26. The number of rotatable bonds is 7. The molecule has 1 N–H and O–H groups in total. The van der Waals surface area contributed by atoms with Crippen molar-refractivity contribution in [3.63, 3.8) is 0 Å². The second-order valence-electron chi connectivity index (χ2n) is 5.37. The number of hydrogen-bond acceptors (Lipinski definition) is 5. The first-order valence-electron chi connectivity index (χ1n) is 7.92. The van der Waals surface area contributed by atoms with Gasteiger partial charge in [-0.25, -0.2) is 4.98 Å². The summed E-state index contributed by atoms with van der Waals surface area (Å²) in [4.78, 5) is 10.7. The van der Waals surface area contributed by atoms with Gasteiger partial charge in [0.05, 0.1) is 0 Å². The third-order valence-corrected chi connectivity index (χ3v) is 5.23. The normalized spacial score (nSPS) is 17.6. The number of piperidine rings is 1. The highest BCUT2D eigenvalue weighted by Crippen LogP contribution is 2.22. The van der Waals surface area contributed by atoms with E-state index >= 15 is 0 Å². The molecule has 0 atom stereocenters. The zero-order valence-electron chi connectivity index (χ0n) is 13.1. The van der Waals surface area contributed by atoms with Crippen LogP contribution in [-0.4, -0.2) is 48.6 Å². The summed E-state index contributed by atoms with van der Waals surface area (Å²) in [6.45, 7) is 13.3. The van der Waals surface area contributed by atoms with E-state index in [0.29, 0.717) is 6.04 Å². The summed E-state index contributed by atoms with van der Waals surface area (Å²) in [5.41, 5.74) is 0. The molecule has 0 spiro atoms. The van der Waals surface area contributed by atoms with Crippen LogP contribution in [0.1, 0.15) is 38.5 Å². The van der Waals surface area contributed by atoms with Crippen LogP contribution in [0.3, 0.4) is 0 Å². The van der Waals surface area contributed by atoms with E-state index in [1.54, 1.807) is 0 Å². The van der Waals surface area contributed by atoms with Crippen LogP contribution in [0.15, 0.2) is 6.20 Å². The molecule has 0 amide bonds. The molecule has 1 aromatic heterocycles. The lowest BCUT2D eigenvalue weighted by atomic mass is 10.1. The molecule has 0 aliphatic carbocycles. The van der Waals surface area contributed by atoms with Crippen molar-refractivity contribution in [2.24, 2.45) is 0 Å². The fourth-order valence-electron chi connectivity index (χ4n) is 2.72. The van der Waals surface area contributed by atoms with Gasteiger partial charge in [0, 0.05) is 36.8 Å². The summed E-state index contributed by atoms with van der Waals surface area (Å²) in [7, 11) is 0. The largest absolute Gasteiger partial charge is 0.349 e. The Morgan fingerprint density at radius 1 is 1.30 bits per heavy atom. The summed E-state index contributed by atoms with van der Waals surface area (Å²) in [6.07, 6.45) is 4.58. The number of nitrogens with one attached hydrogen (secondary N) is 1. The van der Waals surface area contributed by atoms with Crippen LogP contribution in [0, 0.1) is 0 Å². The van der Waals surface area contributed by atoms with Gasteiger partial charge in [0.1, 0.15) is 0 Å². The predicted molar refractivity (Wildman–Crippen MR) is 87.7 cm³/mol. The lowest BCUT2D eigenvalue weighted by Gasteiger charge is -2.31. The van der Waals surface area contributed by atoms with E-state index in [-0.39, 0.29) is 0 Å². The van der Waals surface area contributed by atoms with Gasteiger partial charge >= 0.3 is 0 Å². The lowest BCUT2D eigenvalue weighted by Crippen LogP contribution is -2.41. The highest BCUT2D eigenvalue weighted by molar-refractivity contribution is 7.15. The molecule has 5 heteroatoms. The van der Waals surface area contributed by atoms with E-state index in [0.717, 1.165) is 24.8 Å². The van der Waals surface area contributed by atoms with Crippen LogP contribution in [0.25, 0.3) is 0 Å². The zero-order valence-corrected chi connectivity index (χ0v) is 13.9. The number of anilines is 1. The van der Waals surface area contributed by atoms with Crippen molar-refractivity contribution < 1.29 is 0 Å². The third-order valence-electron chi connectivity index (χ3n) is 4.18. The minimum atomic E-state index is 0.678. The molecule has 1 aromatic rings. The number of nitrogens with zero attached hydrogens (tertiary/aromatic N) is 3. The Bertz CT molecular complexity index is 381. The first-order chi connectivity index (χ1) is 9.76. The van der Waals surface area contributed by atoms with Crippen molar-refractivity contribution in [3.8, 4) is 0 Å². The highest BCUT2D eigenvalue weighted by Gasteiger charge is 2.17. The van der Waals surface area contributed by atoms with Crippen molar-refractivity contribution in [1.29, 1.82) is 0 Å². The van der Waals surface area contributed by atoms with E-state index in [9.17, 15) is 0 Å². The molecule has 1 aliphatic heterocycles. The topological polar surface area (TPSA) is 31.4 Å².